The Kier molecular flexibility index (Phi) is 13.7. The molecule has 1 aromatic rings. The molecule has 5 N–H and O–H groups in total. The largest absolute Gasteiger partial charge is 0.505 e. The number of amides is 1. The van der Waals surface area contributed by atoms with Gasteiger partial charge in [0, 0.05) is 19.4 Å². The van der Waals surface area contributed by atoms with Gasteiger partial charge in [0.05, 0.1) is 18.9 Å². The number of hydrogen-bond acceptors (Lipinski definition) is 14. The number of ketones is 1. The van der Waals surface area contributed by atoms with Crippen LogP contribution in [0.3, 0.4) is 0 Å². The molecule has 0 spiro atoms. The summed E-state index contributed by atoms with van der Waals surface area (Å²) in [4.78, 5) is 64.2. The van der Waals surface area contributed by atoms with E-state index >= 15 is 0 Å². The molecular weight excluding hydrogens is 504 g/mol. The summed E-state index contributed by atoms with van der Waals surface area (Å²) >= 11 is 0. The van der Waals surface area contributed by atoms with Crippen LogP contribution in [0, 0.1) is 20.2 Å². The fourth-order valence-electron chi connectivity index (χ4n) is 2.89. The van der Waals surface area contributed by atoms with Gasteiger partial charge in [0.15, 0.2) is 5.75 Å². The van der Waals surface area contributed by atoms with Crippen molar-refractivity contribution in [2.45, 2.75) is 38.2 Å². The van der Waals surface area contributed by atoms with E-state index in [1.807, 2.05) is 0 Å². The van der Waals surface area contributed by atoms with Gasteiger partial charge in [-0.25, -0.2) is 4.79 Å². The molecule has 0 aromatic heterocycles. The van der Waals surface area contributed by atoms with Gasteiger partial charge in [-0.2, -0.15) is 0 Å². The fraction of sp³-hybridized carbons (Fsp3) is 0.550. The molecule has 0 saturated carbocycles. The number of primary amides is 1. The average molecular weight is 532 g/mol. The maximum Gasteiger partial charge on any atom is 0.337 e. The molecular formula is C20H28N4O13. The van der Waals surface area contributed by atoms with Gasteiger partial charge in [0.25, 0.3) is 16.1 Å². The van der Waals surface area contributed by atoms with Crippen LogP contribution in [0.25, 0.3) is 0 Å². The van der Waals surface area contributed by atoms with E-state index < -0.39 is 52.7 Å². The van der Waals surface area contributed by atoms with Crippen molar-refractivity contribution >= 4 is 23.3 Å². The number of phenols is 1. The molecule has 17 nitrogen and oxygen atoms in total. The Morgan fingerprint density at radius 1 is 1.00 bits per heavy atom. The molecule has 1 atom stereocenters. The number of carbonyl (C=O) groups is 3. The molecule has 1 unspecified atom stereocenters. The van der Waals surface area contributed by atoms with Crippen molar-refractivity contribution in [3.63, 3.8) is 0 Å². The third-order valence-corrected chi connectivity index (χ3v) is 4.56. The molecule has 37 heavy (non-hydrogen) atoms. The number of esters is 1. The number of nitrogens with two attached hydrogens (primary N) is 2. The topological polar surface area (TPSA) is 256 Å². The minimum absolute atomic E-state index is 0.0279. The molecule has 1 amide bonds. The number of nitrogen functional groups attached to an aromatic ring is 1. The summed E-state index contributed by atoms with van der Waals surface area (Å²) in [6, 6.07) is 2.45. The van der Waals surface area contributed by atoms with Gasteiger partial charge in [0.1, 0.15) is 36.4 Å². The van der Waals surface area contributed by atoms with Crippen molar-refractivity contribution in [2.24, 2.45) is 5.73 Å². The molecule has 0 aliphatic heterocycles. The number of aromatic hydroxyl groups is 1. The summed E-state index contributed by atoms with van der Waals surface area (Å²) in [7, 11) is 0. The van der Waals surface area contributed by atoms with E-state index in [1.165, 1.54) is 12.1 Å². The third-order valence-electron chi connectivity index (χ3n) is 4.56. The Balaban J connectivity index is 2.16. The predicted octanol–water partition coefficient (Wildman–Crippen LogP) is 0.317. The first-order chi connectivity index (χ1) is 17.5. The lowest BCUT2D eigenvalue weighted by Gasteiger charge is -2.13. The van der Waals surface area contributed by atoms with Crippen molar-refractivity contribution in [2.75, 3.05) is 38.8 Å². The van der Waals surface area contributed by atoms with E-state index in [-0.39, 0.29) is 62.7 Å². The Hall–Kier alpha value is -4.25. The molecule has 0 aliphatic carbocycles. The first kappa shape index (κ1) is 30.8. The standard InChI is InChI=1S/C20H28N4O13/c21-15-6-7-16(18(19(15)27)20(22)28)36-17(26)12-34-10-9-33-8-2-4-13(25)3-1-5-14(37-24(31)32)11-35-23(29)30/h6-7,14,27H,1-5,8-12,21H2,(H2,22,28). The lowest BCUT2D eigenvalue weighted by Crippen LogP contribution is -2.24. The maximum absolute atomic E-state index is 11.9. The van der Waals surface area contributed by atoms with Gasteiger partial charge in [-0.1, -0.05) is 0 Å². The van der Waals surface area contributed by atoms with Crippen LogP contribution in [0.2, 0.25) is 0 Å². The molecule has 206 valence electrons. The van der Waals surface area contributed by atoms with Crippen LogP contribution >= 0.6 is 0 Å². The minimum atomic E-state index is -1.15. The summed E-state index contributed by atoms with van der Waals surface area (Å²) in [5.41, 5.74) is 10.1. The van der Waals surface area contributed by atoms with Crippen LogP contribution in [0.4, 0.5) is 5.69 Å². The average Bonchev–Trinajstić information content (AvgIpc) is 2.80. The molecule has 0 radical (unpaired) electrons. The molecule has 0 saturated heterocycles. The zero-order valence-electron chi connectivity index (χ0n) is 19.7. The Morgan fingerprint density at radius 3 is 2.32 bits per heavy atom. The van der Waals surface area contributed by atoms with E-state index in [2.05, 4.69) is 9.68 Å². The van der Waals surface area contributed by atoms with Gasteiger partial charge in [0.2, 0.25) is 0 Å². The van der Waals surface area contributed by atoms with Crippen LogP contribution in [0.1, 0.15) is 42.5 Å². The second-order valence-electron chi connectivity index (χ2n) is 7.38. The molecule has 0 bridgehead atoms. The summed E-state index contributed by atoms with van der Waals surface area (Å²) < 4.78 is 15.4. The Morgan fingerprint density at radius 2 is 1.68 bits per heavy atom. The number of benzene rings is 1. The van der Waals surface area contributed by atoms with Crippen LogP contribution < -0.4 is 16.2 Å². The highest BCUT2D eigenvalue weighted by Gasteiger charge is 2.20. The monoisotopic (exact) mass is 532 g/mol. The smallest absolute Gasteiger partial charge is 0.337 e. The number of nitrogens with zero attached hydrogens (tertiary/aromatic N) is 2. The summed E-state index contributed by atoms with van der Waals surface area (Å²) in [5, 5.41) is 28.2. The number of carbonyl (C=O) groups excluding carboxylic acids is 3. The van der Waals surface area contributed by atoms with E-state index in [0.29, 0.717) is 6.42 Å². The zero-order chi connectivity index (χ0) is 27.8. The fourth-order valence-corrected chi connectivity index (χ4v) is 2.89. The Bertz CT molecular complexity index is 956. The highest BCUT2D eigenvalue weighted by Crippen LogP contribution is 2.32. The molecule has 1 aromatic carbocycles. The van der Waals surface area contributed by atoms with Gasteiger partial charge in [-0.3, -0.25) is 9.59 Å². The number of Topliss-reactive ketones (excluding diaryl/α,β-unsaturated/α-hetero) is 1. The summed E-state index contributed by atoms with van der Waals surface area (Å²) in [5.74, 6) is -2.87. The molecule has 1 rings (SSSR count). The maximum atomic E-state index is 11.9. The summed E-state index contributed by atoms with van der Waals surface area (Å²) in [6.07, 6.45) is -0.213. The number of hydrogen-bond donors (Lipinski definition) is 3. The quantitative estimate of drug-likeness (QED) is 0.0388. The predicted molar refractivity (Wildman–Crippen MR) is 121 cm³/mol. The van der Waals surface area contributed by atoms with Crippen LogP contribution in [0.15, 0.2) is 12.1 Å². The lowest BCUT2D eigenvalue weighted by molar-refractivity contribution is -0.790. The van der Waals surface area contributed by atoms with Gasteiger partial charge in [-0.05, 0) is 31.4 Å². The Labute approximate surface area is 209 Å². The normalized spacial score (nSPS) is 11.4. The van der Waals surface area contributed by atoms with Crippen LogP contribution in [0.5, 0.6) is 11.5 Å². The van der Waals surface area contributed by atoms with Crippen molar-refractivity contribution in [3.8, 4) is 11.5 Å². The lowest BCUT2D eigenvalue weighted by atomic mass is 10.1. The van der Waals surface area contributed by atoms with E-state index in [4.69, 9.17) is 25.7 Å². The van der Waals surface area contributed by atoms with Crippen molar-refractivity contribution in [3.05, 3.63) is 37.9 Å². The van der Waals surface area contributed by atoms with E-state index in [9.17, 15) is 39.7 Å². The third kappa shape index (κ3) is 12.9. The molecule has 0 heterocycles. The van der Waals surface area contributed by atoms with Crippen LogP contribution in [-0.4, -0.2) is 72.1 Å². The van der Waals surface area contributed by atoms with E-state index in [0.717, 1.165) is 0 Å². The number of rotatable bonds is 20. The van der Waals surface area contributed by atoms with Gasteiger partial charge >= 0.3 is 5.97 Å². The van der Waals surface area contributed by atoms with Crippen molar-refractivity contribution in [1.82, 2.24) is 0 Å². The second-order valence-corrected chi connectivity index (χ2v) is 7.38. The highest BCUT2D eigenvalue weighted by molar-refractivity contribution is 6.00. The SMILES string of the molecule is NC(=O)c1c(OC(=O)COCCOCCCC(=O)CCCC(CO[N+](=O)[O-])O[N+](=O)[O-])ccc(N)c1O. The molecule has 0 aliphatic rings. The van der Waals surface area contributed by atoms with Crippen molar-refractivity contribution < 1.29 is 53.5 Å². The summed E-state index contributed by atoms with van der Waals surface area (Å²) in [6.45, 7) is -0.708. The highest BCUT2D eigenvalue weighted by atomic mass is 17.0. The van der Waals surface area contributed by atoms with Crippen molar-refractivity contribution in [1.29, 1.82) is 0 Å². The van der Waals surface area contributed by atoms with Crippen LogP contribution in [-0.2, 0) is 28.7 Å². The van der Waals surface area contributed by atoms with Gasteiger partial charge in [-0.15, -0.1) is 20.2 Å². The number of anilines is 1. The second kappa shape index (κ2) is 16.4. The van der Waals surface area contributed by atoms with Gasteiger partial charge < -0.3 is 40.5 Å². The first-order valence-electron chi connectivity index (χ1n) is 10.9. The minimum Gasteiger partial charge on any atom is -0.505 e. The molecule has 17 heteroatoms. The number of ether oxygens (including phenoxy) is 3. The zero-order valence-corrected chi connectivity index (χ0v) is 19.7. The first-order valence-corrected chi connectivity index (χ1v) is 10.9. The molecule has 0 fully saturated rings. The van der Waals surface area contributed by atoms with E-state index in [1.54, 1.807) is 0 Å².